The van der Waals surface area contributed by atoms with E-state index < -0.39 is 0 Å². The number of hydrogen-bond acceptors (Lipinski definition) is 2. The lowest BCUT2D eigenvalue weighted by molar-refractivity contribution is 0.477. The summed E-state index contributed by atoms with van der Waals surface area (Å²) in [4.78, 5) is 0. The summed E-state index contributed by atoms with van der Waals surface area (Å²) in [6.45, 7) is 0. The summed E-state index contributed by atoms with van der Waals surface area (Å²) in [5.74, 6) is 0.319. The minimum absolute atomic E-state index is 0.319. The zero-order chi connectivity index (χ0) is 7.56. The molecule has 1 N–H and O–H groups in total. The van der Waals surface area contributed by atoms with Crippen LogP contribution in [0.1, 0.15) is 0 Å². The Morgan fingerprint density at radius 1 is 1.40 bits per heavy atom. The van der Waals surface area contributed by atoms with E-state index in [0.29, 0.717) is 5.75 Å². The van der Waals surface area contributed by atoms with Crippen LogP contribution in [-0.4, -0.2) is 12.2 Å². The van der Waals surface area contributed by atoms with Crippen molar-refractivity contribution in [1.29, 1.82) is 0 Å². The summed E-state index contributed by atoms with van der Waals surface area (Å²) in [7, 11) is 1.88. The molecule has 0 aliphatic heterocycles. The molecule has 2 nitrogen and oxygen atoms in total. The van der Waals surface area contributed by atoms with E-state index >= 15 is 0 Å². The van der Waals surface area contributed by atoms with Gasteiger partial charge in [-0.3, -0.25) is 0 Å². The van der Waals surface area contributed by atoms with E-state index in [1.165, 1.54) is 0 Å². The Bertz CT molecular complexity index is 225. The largest absolute Gasteiger partial charge is 0.506 e. The number of rotatable bonds is 1. The normalized spacial score (nSPS) is 9.40. The first kappa shape index (κ1) is 7.65. The SMILES string of the molecule is CN(I)c1ccccc1O. The van der Waals surface area contributed by atoms with Gasteiger partial charge in [0.15, 0.2) is 0 Å². The molecular formula is C7H8INO. The van der Waals surface area contributed by atoms with Gasteiger partial charge in [-0.05, 0) is 12.1 Å². The second-order valence-electron chi connectivity index (χ2n) is 1.97. The Labute approximate surface area is 74.0 Å². The van der Waals surface area contributed by atoms with Crippen molar-refractivity contribution in [2.24, 2.45) is 0 Å². The maximum Gasteiger partial charge on any atom is 0.139 e. The molecule has 1 rings (SSSR count). The Balaban J connectivity index is 3.03. The molecule has 1 aromatic carbocycles. The minimum atomic E-state index is 0.319. The smallest absolute Gasteiger partial charge is 0.139 e. The summed E-state index contributed by atoms with van der Waals surface area (Å²) >= 11 is 2.11. The molecule has 0 saturated heterocycles. The van der Waals surface area contributed by atoms with E-state index in [1.807, 2.05) is 22.3 Å². The molecule has 3 heteroatoms. The number of anilines is 1. The number of phenolic OH excluding ortho intramolecular Hbond substituents is 1. The fourth-order valence-corrected chi connectivity index (χ4v) is 1.13. The van der Waals surface area contributed by atoms with Crippen molar-refractivity contribution in [2.75, 3.05) is 10.2 Å². The molecule has 1 aromatic rings. The second-order valence-corrected chi connectivity index (χ2v) is 3.41. The Hall–Kier alpha value is -0.450. The van der Waals surface area contributed by atoms with Crippen molar-refractivity contribution >= 4 is 28.6 Å². The molecule has 0 aliphatic carbocycles. The van der Waals surface area contributed by atoms with Crippen molar-refractivity contribution in [3.8, 4) is 5.75 Å². The van der Waals surface area contributed by atoms with E-state index in [9.17, 15) is 5.11 Å². The third-order valence-corrected chi connectivity index (χ3v) is 1.73. The average Bonchev–Trinajstić information content (AvgIpc) is 1.88. The molecule has 10 heavy (non-hydrogen) atoms. The fourth-order valence-electron chi connectivity index (χ4n) is 0.725. The number of phenols is 1. The number of para-hydroxylation sites is 2. The highest BCUT2D eigenvalue weighted by molar-refractivity contribution is 14.1. The monoisotopic (exact) mass is 249 g/mol. The highest BCUT2D eigenvalue weighted by atomic mass is 127. The zero-order valence-electron chi connectivity index (χ0n) is 5.58. The molecule has 0 saturated carbocycles. The fraction of sp³-hybridized carbons (Fsp3) is 0.143. The maximum absolute atomic E-state index is 9.23. The predicted molar refractivity (Wildman–Crippen MR) is 50.5 cm³/mol. The van der Waals surface area contributed by atoms with Crippen LogP contribution < -0.4 is 3.11 Å². The van der Waals surface area contributed by atoms with Crippen molar-refractivity contribution in [1.82, 2.24) is 0 Å². The summed E-state index contributed by atoms with van der Waals surface area (Å²) in [5.41, 5.74) is 0.836. The van der Waals surface area contributed by atoms with E-state index in [-0.39, 0.29) is 0 Å². The lowest BCUT2D eigenvalue weighted by Gasteiger charge is -2.10. The molecule has 0 radical (unpaired) electrons. The van der Waals surface area contributed by atoms with Gasteiger partial charge in [0.1, 0.15) is 5.75 Å². The van der Waals surface area contributed by atoms with Crippen LogP contribution >= 0.6 is 22.9 Å². The summed E-state index contributed by atoms with van der Waals surface area (Å²) in [5, 5.41) is 9.23. The van der Waals surface area contributed by atoms with Crippen LogP contribution in [0.5, 0.6) is 5.75 Å². The molecule has 0 spiro atoms. The number of nitrogens with zero attached hydrogens (tertiary/aromatic N) is 1. The molecule has 0 fully saturated rings. The molecular weight excluding hydrogens is 241 g/mol. The first-order valence-corrected chi connectivity index (χ1v) is 3.86. The topological polar surface area (TPSA) is 23.5 Å². The van der Waals surface area contributed by atoms with Gasteiger partial charge in [0.2, 0.25) is 0 Å². The lowest BCUT2D eigenvalue weighted by atomic mass is 10.3. The quantitative estimate of drug-likeness (QED) is 0.609. The van der Waals surface area contributed by atoms with Crippen molar-refractivity contribution in [3.05, 3.63) is 24.3 Å². The van der Waals surface area contributed by atoms with Crippen molar-refractivity contribution in [2.45, 2.75) is 0 Å². The number of aromatic hydroxyl groups is 1. The van der Waals surface area contributed by atoms with Crippen molar-refractivity contribution < 1.29 is 5.11 Å². The van der Waals surface area contributed by atoms with E-state index in [1.54, 1.807) is 12.1 Å². The number of hydrogen-bond donors (Lipinski definition) is 1. The molecule has 0 atom stereocenters. The molecule has 54 valence electrons. The predicted octanol–water partition coefficient (Wildman–Crippen LogP) is 2.18. The highest BCUT2D eigenvalue weighted by Crippen LogP contribution is 2.26. The Morgan fingerprint density at radius 2 is 2.00 bits per heavy atom. The van der Waals surface area contributed by atoms with Gasteiger partial charge in [-0.15, -0.1) is 0 Å². The minimum Gasteiger partial charge on any atom is -0.506 e. The van der Waals surface area contributed by atoms with Gasteiger partial charge in [0.05, 0.1) is 28.6 Å². The van der Waals surface area contributed by atoms with E-state index in [4.69, 9.17) is 0 Å². The second kappa shape index (κ2) is 3.09. The third kappa shape index (κ3) is 1.53. The Morgan fingerprint density at radius 3 is 2.40 bits per heavy atom. The maximum atomic E-state index is 9.23. The van der Waals surface area contributed by atoms with Crippen LogP contribution in [0.25, 0.3) is 0 Å². The molecule has 0 bridgehead atoms. The van der Waals surface area contributed by atoms with Crippen LogP contribution in [0.3, 0.4) is 0 Å². The molecule has 0 amide bonds. The van der Waals surface area contributed by atoms with Gasteiger partial charge in [0.25, 0.3) is 0 Å². The van der Waals surface area contributed by atoms with Crippen LogP contribution in [0.15, 0.2) is 24.3 Å². The molecule has 0 aromatic heterocycles. The number of benzene rings is 1. The standard InChI is InChI=1S/C7H8INO/c1-9(8)6-4-2-3-5-7(6)10/h2-5,10H,1H3. The first-order chi connectivity index (χ1) is 4.72. The Kier molecular flexibility index (Phi) is 2.37. The van der Waals surface area contributed by atoms with Crippen LogP contribution in [0.4, 0.5) is 5.69 Å². The van der Waals surface area contributed by atoms with Gasteiger partial charge in [-0.2, -0.15) is 0 Å². The van der Waals surface area contributed by atoms with Crippen LogP contribution in [0.2, 0.25) is 0 Å². The van der Waals surface area contributed by atoms with Crippen molar-refractivity contribution in [3.63, 3.8) is 0 Å². The van der Waals surface area contributed by atoms with E-state index in [2.05, 4.69) is 22.9 Å². The van der Waals surface area contributed by atoms with E-state index in [0.717, 1.165) is 5.69 Å². The summed E-state index contributed by atoms with van der Waals surface area (Å²) in [6.07, 6.45) is 0. The highest BCUT2D eigenvalue weighted by Gasteiger charge is 1.99. The van der Waals surface area contributed by atoms with Gasteiger partial charge in [0, 0.05) is 7.05 Å². The van der Waals surface area contributed by atoms with Gasteiger partial charge < -0.3 is 8.22 Å². The zero-order valence-corrected chi connectivity index (χ0v) is 7.74. The van der Waals surface area contributed by atoms with Crippen LogP contribution in [-0.2, 0) is 0 Å². The molecule has 0 heterocycles. The molecule has 0 unspecified atom stereocenters. The number of halogens is 1. The van der Waals surface area contributed by atoms with Crippen LogP contribution in [0, 0.1) is 0 Å². The van der Waals surface area contributed by atoms with Gasteiger partial charge in [-0.25, -0.2) is 0 Å². The van der Waals surface area contributed by atoms with Gasteiger partial charge >= 0.3 is 0 Å². The summed E-state index contributed by atoms with van der Waals surface area (Å²) < 4.78 is 1.84. The average molecular weight is 249 g/mol. The summed E-state index contributed by atoms with van der Waals surface area (Å²) in [6, 6.07) is 7.23. The lowest BCUT2D eigenvalue weighted by Crippen LogP contribution is -1.98. The first-order valence-electron chi connectivity index (χ1n) is 2.89. The third-order valence-electron chi connectivity index (χ3n) is 1.21. The molecule has 0 aliphatic rings. The van der Waals surface area contributed by atoms with Gasteiger partial charge in [-0.1, -0.05) is 12.1 Å².